The van der Waals surface area contributed by atoms with Crippen molar-refractivity contribution in [3.8, 4) is 16.9 Å². The lowest BCUT2D eigenvalue weighted by molar-refractivity contribution is -0.137. The number of methoxy groups -OCH3 is 1. The first-order chi connectivity index (χ1) is 16.6. The second kappa shape index (κ2) is 9.53. The Balaban J connectivity index is 2.00. The first-order valence-electron chi connectivity index (χ1n) is 10.4. The van der Waals surface area contributed by atoms with E-state index in [-0.39, 0.29) is 33.2 Å². The van der Waals surface area contributed by atoms with Crippen molar-refractivity contribution >= 4 is 32.8 Å². The fourth-order valence-electron chi connectivity index (χ4n) is 3.81. The van der Waals surface area contributed by atoms with Gasteiger partial charge in [-0.2, -0.15) is 13.2 Å². The number of esters is 1. The quantitative estimate of drug-likeness (QED) is 0.261. The van der Waals surface area contributed by atoms with Gasteiger partial charge in [-0.15, -0.1) is 0 Å². The molecule has 6 nitrogen and oxygen atoms in total. The molecule has 0 bridgehead atoms. The number of aryl methyl sites for hydroxylation is 2. The summed E-state index contributed by atoms with van der Waals surface area (Å²) in [6, 6.07) is 14.9. The van der Waals surface area contributed by atoms with Gasteiger partial charge in [-0.1, -0.05) is 42.5 Å². The minimum absolute atomic E-state index is 0.0205. The summed E-state index contributed by atoms with van der Waals surface area (Å²) in [6.45, 7) is 0.142. The summed E-state index contributed by atoms with van der Waals surface area (Å²) < 4.78 is 46.1. The Morgan fingerprint density at radius 2 is 1.83 bits per heavy atom. The van der Waals surface area contributed by atoms with E-state index in [4.69, 9.17) is 0 Å². The Labute approximate surface area is 205 Å². The molecule has 0 unspecified atom stereocenters. The number of ether oxygens (including phenoxy) is 1. The molecule has 1 N–H and O–H groups in total. The van der Waals surface area contributed by atoms with Gasteiger partial charge in [-0.3, -0.25) is 4.79 Å². The molecule has 0 aliphatic heterocycles. The summed E-state index contributed by atoms with van der Waals surface area (Å²) >= 11 is 3.27. The molecule has 2 aromatic heterocycles. The zero-order valence-electron chi connectivity index (χ0n) is 18.3. The van der Waals surface area contributed by atoms with Crippen LogP contribution in [0.1, 0.15) is 21.6 Å². The minimum atomic E-state index is -4.60. The number of halogens is 4. The van der Waals surface area contributed by atoms with E-state index in [0.29, 0.717) is 6.42 Å². The zero-order chi connectivity index (χ0) is 25.3. The van der Waals surface area contributed by atoms with Crippen molar-refractivity contribution in [1.29, 1.82) is 0 Å². The number of aromatic hydroxyl groups is 1. The summed E-state index contributed by atoms with van der Waals surface area (Å²) in [5.74, 6) is -1.45. The van der Waals surface area contributed by atoms with Crippen LogP contribution in [0.15, 0.2) is 70.1 Å². The van der Waals surface area contributed by atoms with Crippen molar-refractivity contribution < 1.29 is 27.8 Å². The topological polar surface area (TPSA) is 81.4 Å². The molecule has 0 spiro atoms. The van der Waals surface area contributed by atoms with E-state index >= 15 is 0 Å². The van der Waals surface area contributed by atoms with E-state index in [0.717, 1.165) is 24.8 Å². The van der Waals surface area contributed by atoms with E-state index in [1.165, 1.54) is 22.8 Å². The largest absolute Gasteiger partial charge is 0.505 e. The van der Waals surface area contributed by atoms with Gasteiger partial charge in [0.15, 0.2) is 11.4 Å². The SMILES string of the molecule is COC(=O)c1nc(Br)c2c(cc(-c3cccc(C(F)(F)F)c3)c(=O)n2CCc2ccccc2)c1O. The third kappa shape index (κ3) is 4.79. The molecule has 2 heterocycles. The number of pyridine rings is 2. The number of fused-ring (bicyclic) bond motifs is 1. The molecule has 10 heteroatoms. The molecule has 4 rings (SSSR count). The lowest BCUT2D eigenvalue weighted by Crippen LogP contribution is -2.24. The van der Waals surface area contributed by atoms with Crippen molar-refractivity contribution in [3.05, 3.63) is 92.4 Å². The molecule has 180 valence electrons. The average molecular weight is 547 g/mol. The van der Waals surface area contributed by atoms with Crippen LogP contribution in [0.25, 0.3) is 22.0 Å². The molecule has 0 saturated heterocycles. The van der Waals surface area contributed by atoms with Gasteiger partial charge in [-0.25, -0.2) is 9.78 Å². The molecule has 0 aliphatic rings. The maximum Gasteiger partial charge on any atom is 0.416 e. The van der Waals surface area contributed by atoms with Crippen LogP contribution in [-0.2, 0) is 23.9 Å². The van der Waals surface area contributed by atoms with Crippen LogP contribution in [0, 0.1) is 0 Å². The predicted molar refractivity (Wildman–Crippen MR) is 127 cm³/mol. The summed E-state index contributed by atoms with van der Waals surface area (Å²) in [5, 5.41) is 10.9. The van der Waals surface area contributed by atoms with Gasteiger partial charge in [0.2, 0.25) is 0 Å². The van der Waals surface area contributed by atoms with Crippen molar-refractivity contribution in [2.75, 3.05) is 7.11 Å². The van der Waals surface area contributed by atoms with Gasteiger partial charge in [0.05, 0.1) is 18.2 Å². The fraction of sp³-hybridized carbons (Fsp3) is 0.160. The van der Waals surface area contributed by atoms with Crippen LogP contribution in [0.3, 0.4) is 0 Å². The van der Waals surface area contributed by atoms with Gasteiger partial charge >= 0.3 is 12.1 Å². The first-order valence-corrected chi connectivity index (χ1v) is 11.2. The van der Waals surface area contributed by atoms with Crippen molar-refractivity contribution in [2.24, 2.45) is 0 Å². The number of hydrogen-bond donors (Lipinski definition) is 1. The summed E-state index contributed by atoms with van der Waals surface area (Å²) in [7, 11) is 1.12. The minimum Gasteiger partial charge on any atom is -0.505 e. The maximum absolute atomic E-state index is 13.6. The normalized spacial score (nSPS) is 11.6. The van der Waals surface area contributed by atoms with E-state index in [1.807, 2.05) is 30.3 Å². The lowest BCUT2D eigenvalue weighted by Gasteiger charge is -2.17. The Morgan fingerprint density at radius 1 is 1.11 bits per heavy atom. The Hall–Kier alpha value is -3.66. The van der Waals surface area contributed by atoms with Crippen molar-refractivity contribution in [3.63, 3.8) is 0 Å². The Morgan fingerprint density at radius 3 is 2.49 bits per heavy atom. The van der Waals surface area contributed by atoms with E-state index < -0.39 is 34.7 Å². The maximum atomic E-state index is 13.6. The highest BCUT2D eigenvalue weighted by atomic mass is 79.9. The van der Waals surface area contributed by atoms with E-state index in [9.17, 15) is 27.9 Å². The van der Waals surface area contributed by atoms with Gasteiger partial charge in [0.25, 0.3) is 5.56 Å². The molecular weight excluding hydrogens is 529 g/mol. The molecular formula is C25H18BrF3N2O4. The average Bonchev–Trinajstić information content (AvgIpc) is 2.85. The number of benzene rings is 2. The van der Waals surface area contributed by atoms with Crippen LogP contribution >= 0.6 is 15.9 Å². The Bertz CT molecular complexity index is 1480. The highest BCUT2D eigenvalue weighted by Crippen LogP contribution is 2.36. The van der Waals surface area contributed by atoms with Crippen LogP contribution in [0.4, 0.5) is 13.2 Å². The molecule has 2 aromatic carbocycles. The van der Waals surface area contributed by atoms with Gasteiger partial charge in [0.1, 0.15) is 4.60 Å². The summed E-state index contributed by atoms with van der Waals surface area (Å²) in [5.41, 5.74) is -0.798. The molecule has 0 fully saturated rings. The van der Waals surface area contributed by atoms with Crippen LogP contribution in [0.2, 0.25) is 0 Å². The predicted octanol–water partition coefficient (Wildman–Crippen LogP) is 5.58. The molecule has 0 atom stereocenters. The van der Waals surface area contributed by atoms with Crippen molar-refractivity contribution in [2.45, 2.75) is 19.1 Å². The fourth-order valence-corrected chi connectivity index (χ4v) is 4.41. The van der Waals surface area contributed by atoms with Crippen molar-refractivity contribution in [1.82, 2.24) is 9.55 Å². The summed E-state index contributed by atoms with van der Waals surface area (Å²) in [4.78, 5) is 29.8. The van der Waals surface area contributed by atoms with E-state index in [1.54, 1.807) is 0 Å². The van der Waals surface area contributed by atoms with Crippen LogP contribution in [-0.4, -0.2) is 27.7 Å². The molecule has 0 radical (unpaired) electrons. The van der Waals surface area contributed by atoms with E-state index in [2.05, 4.69) is 25.7 Å². The van der Waals surface area contributed by atoms with Gasteiger partial charge < -0.3 is 14.4 Å². The molecule has 35 heavy (non-hydrogen) atoms. The number of alkyl halides is 3. The highest BCUT2D eigenvalue weighted by Gasteiger charge is 2.31. The molecule has 0 aliphatic carbocycles. The van der Waals surface area contributed by atoms with Gasteiger partial charge in [-0.05, 0) is 51.7 Å². The third-order valence-corrected chi connectivity index (χ3v) is 6.07. The number of aromatic nitrogens is 2. The second-order valence-corrected chi connectivity index (χ2v) is 8.43. The zero-order valence-corrected chi connectivity index (χ0v) is 19.9. The number of nitrogens with zero attached hydrogens (tertiary/aromatic N) is 2. The number of hydrogen-bond acceptors (Lipinski definition) is 5. The molecule has 0 amide bonds. The van der Waals surface area contributed by atoms with Crippen LogP contribution in [0.5, 0.6) is 5.75 Å². The number of rotatable bonds is 5. The lowest BCUT2D eigenvalue weighted by atomic mass is 10.0. The number of carbonyl (C=O) groups is 1. The first kappa shape index (κ1) is 24.5. The molecule has 4 aromatic rings. The Kier molecular flexibility index (Phi) is 6.66. The highest BCUT2D eigenvalue weighted by molar-refractivity contribution is 9.10. The third-order valence-electron chi connectivity index (χ3n) is 5.52. The summed E-state index contributed by atoms with van der Waals surface area (Å²) in [6.07, 6.45) is -4.18. The monoisotopic (exact) mass is 546 g/mol. The smallest absolute Gasteiger partial charge is 0.416 e. The van der Waals surface area contributed by atoms with Crippen LogP contribution < -0.4 is 5.56 Å². The molecule has 0 saturated carbocycles. The number of carbonyl (C=O) groups excluding carboxylic acids is 1. The standard InChI is InChI=1S/C25H18BrF3N2O4/c1-35-24(34)19-21(32)18-13-17(15-8-5-9-16(12-15)25(27,28)29)23(33)31(20(18)22(26)30-19)11-10-14-6-3-2-4-7-14/h2-9,12-13,32H,10-11H2,1H3. The second-order valence-electron chi connectivity index (χ2n) is 7.68. The van der Waals surface area contributed by atoms with Gasteiger partial charge in [0, 0.05) is 17.5 Å².